The molecule has 0 unspecified atom stereocenters. The van der Waals surface area contributed by atoms with Gasteiger partial charge in [0.1, 0.15) is 0 Å². The van der Waals surface area contributed by atoms with E-state index in [2.05, 4.69) is 32.4 Å². The van der Waals surface area contributed by atoms with Crippen LogP contribution in [0.4, 0.5) is 11.6 Å². The Hall–Kier alpha value is -3.67. The topological polar surface area (TPSA) is 73.9 Å². The summed E-state index contributed by atoms with van der Waals surface area (Å²) in [5.41, 5.74) is 3.39. The van der Waals surface area contributed by atoms with Gasteiger partial charge in [0, 0.05) is 36.3 Å². The van der Waals surface area contributed by atoms with Crippen molar-refractivity contribution >= 4 is 28.4 Å². The van der Waals surface area contributed by atoms with Crippen LogP contribution < -0.4 is 5.32 Å². The van der Waals surface area contributed by atoms with Gasteiger partial charge in [-0.15, -0.1) is 0 Å². The van der Waals surface area contributed by atoms with Gasteiger partial charge in [0.05, 0.1) is 11.6 Å². The highest BCUT2D eigenvalue weighted by Crippen LogP contribution is 2.24. The van der Waals surface area contributed by atoms with Crippen LogP contribution >= 0.6 is 0 Å². The fraction of sp³-hybridized carbons (Fsp3) is 0.136. The van der Waals surface area contributed by atoms with Crippen LogP contribution in [0.2, 0.25) is 0 Å². The Labute approximate surface area is 163 Å². The van der Waals surface area contributed by atoms with Crippen LogP contribution in [0.3, 0.4) is 0 Å². The van der Waals surface area contributed by atoms with Gasteiger partial charge in [0.2, 0.25) is 5.95 Å². The predicted molar refractivity (Wildman–Crippen MR) is 111 cm³/mol. The van der Waals surface area contributed by atoms with Gasteiger partial charge >= 0.3 is 0 Å². The minimum atomic E-state index is -0.127. The second-order valence-electron chi connectivity index (χ2n) is 6.69. The van der Waals surface area contributed by atoms with E-state index >= 15 is 0 Å². The van der Waals surface area contributed by atoms with Crippen molar-refractivity contribution in [3.05, 3.63) is 84.3 Å². The molecule has 1 amide bonds. The number of hydrogen-bond donors (Lipinski definition) is 2. The molecule has 2 N–H and O–H groups in total. The molecular formula is C22H21N5O. The largest absolute Gasteiger partial charge is 0.357 e. The van der Waals surface area contributed by atoms with Crippen molar-refractivity contribution < 1.29 is 4.79 Å². The molecule has 1 atom stereocenters. The molecule has 0 aliphatic rings. The summed E-state index contributed by atoms with van der Waals surface area (Å²) in [6.07, 6.45) is 3.10. The normalized spacial score (nSPS) is 11.9. The van der Waals surface area contributed by atoms with Gasteiger partial charge < -0.3 is 15.2 Å². The standard InChI is InChI=1S/C22H21N5O/c1-15(20-12-16-8-6-7-11-19(16)26-20)27(2)21(28)17-13-23-22(24-14-17)25-18-9-4-3-5-10-18/h3-15,26H,1-2H3,(H,23,24,25)/t15-/m1/s1. The quantitative estimate of drug-likeness (QED) is 0.540. The zero-order valence-electron chi connectivity index (χ0n) is 15.8. The number of para-hydroxylation sites is 2. The lowest BCUT2D eigenvalue weighted by Gasteiger charge is -2.24. The summed E-state index contributed by atoms with van der Waals surface area (Å²) in [6, 6.07) is 19.7. The van der Waals surface area contributed by atoms with Crippen molar-refractivity contribution in [2.24, 2.45) is 0 Å². The number of nitrogens with zero attached hydrogens (tertiary/aromatic N) is 3. The molecule has 28 heavy (non-hydrogen) atoms. The number of benzene rings is 2. The van der Waals surface area contributed by atoms with E-state index in [1.807, 2.05) is 55.5 Å². The molecule has 0 fully saturated rings. The van der Waals surface area contributed by atoms with Crippen molar-refractivity contribution in [1.82, 2.24) is 19.9 Å². The summed E-state index contributed by atoms with van der Waals surface area (Å²) < 4.78 is 0. The number of amides is 1. The highest BCUT2D eigenvalue weighted by molar-refractivity contribution is 5.94. The summed E-state index contributed by atoms with van der Waals surface area (Å²) in [4.78, 5) is 26.5. The predicted octanol–water partition coefficient (Wildman–Crippen LogP) is 4.53. The first-order valence-corrected chi connectivity index (χ1v) is 9.11. The van der Waals surface area contributed by atoms with Crippen molar-refractivity contribution in [3.63, 3.8) is 0 Å². The molecule has 4 aromatic rings. The number of aromatic nitrogens is 3. The Morgan fingerprint density at radius 3 is 2.43 bits per heavy atom. The Kier molecular flexibility index (Phi) is 4.76. The number of fused-ring (bicyclic) bond motifs is 1. The highest BCUT2D eigenvalue weighted by atomic mass is 16.2. The second-order valence-corrected chi connectivity index (χ2v) is 6.69. The van der Waals surface area contributed by atoms with E-state index in [4.69, 9.17) is 0 Å². The van der Waals surface area contributed by atoms with Gasteiger partial charge in [-0.05, 0) is 36.6 Å². The van der Waals surface area contributed by atoms with E-state index in [0.717, 1.165) is 22.3 Å². The molecule has 0 radical (unpaired) electrons. The van der Waals surface area contributed by atoms with Crippen LogP contribution in [0, 0.1) is 0 Å². The lowest BCUT2D eigenvalue weighted by molar-refractivity contribution is 0.0739. The molecule has 4 rings (SSSR count). The molecule has 140 valence electrons. The van der Waals surface area contributed by atoms with E-state index in [-0.39, 0.29) is 11.9 Å². The number of H-pyrrole nitrogens is 1. The Morgan fingerprint density at radius 1 is 1.04 bits per heavy atom. The Morgan fingerprint density at radius 2 is 1.71 bits per heavy atom. The van der Waals surface area contributed by atoms with Crippen molar-refractivity contribution in [3.8, 4) is 0 Å². The Balaban J connectivity index is 1.48. The van der Waals surface area contributed by atoms with Crippen LogP contribution in [-0.4, -0.2) is 32.8 Å². The van der Waals surface area contributed by atoms with E-state index in [0.29, 0.717) is 11.5 Å². The third-order valence-electron chi connectivity index (χ3n) is 4.83. The summed E-state index contributed by atoms with van der Waals surface area (Å²) in [6.45, 7) is 1.99. The lowest BCUT2D eigenvalue weighted by Crippen LogP contribution is -2.30. The molecule has 0 aliphatic heterocycles. The van der Waals surface area contributed by atoms with E-state index < -0.39 is 0 Å². The number of nitrogens with one attached hydrogen (secondary N) is 2. The number of rotatable bonds is 5. The number of hydrogen-bond acceptors (Lipinski definition) is 4. The first kappa shape index (κ1) is 17.7. The van der Waals surface area contributed by atoms with Crippen LogP contribution in [0.25, 0.3) is 10.9 Å². The van der Waals surface area contributed by atoms with Gasteiger partial charge in [0.25, 0.3) is 5.91 Å². The SMILES string of the molecule is C[C@H](c1cc2ccccc2[nH]1)N(C)C(=O)c1cnc(Nc2ccccc2)nc1. The fourth-order valence-electron chi connectivity index (χ4n) is 3.06. The third kappa shape index (κ3) is 3.57. The van der Waals surface area contributed by atoms with Gasteiger partial charge in [0.15, 0.2) is 0 Å². The summed E-state index contributed by atoms with van der Waals surface area (Å²) in [7, 11) is 1.79. The molecule has 0 aliphatic carbocycles. The van der Waals surface area contributed by atoms with Crippen LogP contribution in [-0.2, 0) is 0 Å². The van der Waals surface area contributed by atoms with Gasteiger partial charge in [-0.2, -0.15) is 0 Å². The minimum Gasteiger partial charge on any atom is -0.357 e. The molecule has 2 aromatic carbocycles. The monoisotopic (exact) mass is 371 g/mol. The van der Waals surface area contributed by atoms with Crippen molar-refractivity contribution in [2.45, 2.75) is 13.0 Å². The Bertz CT molecular complexity index is 1060. The number of anilines is 2. The van der Waals surface area contributed by atoms with Crippen molar-refractivity contribution in [2.75, 3.05) is 12.4 Å². The number of carbonyl (C=O) groups excluding carboxylic acids is 1. The highest BCUT2D eigenvalue weighted by Gasteiger charge is 2.21. The second kappa shape index (κ2) is 7.52. The molecule has 0 spiro atoms. The lowest BCUT2D eigenvalue weighted by atomic mass is 10.1. The van der Waals surface area contributed by atoms with E-state index in [1.54, 1.807) is 24.3 Å². The summed E-state index contributed by atoms with van der Waals surface area (Å²) in [5, 5.41) is 4.24. The average Bonchev–Trinajstić information content (AvgIpc) is 3.18. The van der Waals surface area contributed by atoms with Crippen LogP contribution in [0.5, 0.6) is 0 Å². The van der Waals surface area contributed by atoms with Crippen LogP contribution in [0.15, 0.2) is 73.1 Å². The molecule has 0 saturated carbocycles. The average molecular weight is 371 g/mol. The molecule has 2 heterocycles. The molecule has 0 saturated heterocycles. The zero-order chi connectivity index (χ0) is 19.5. The summed E-state index contributed by atoms with van der Waals surface area (Å²) >= 11 is 0. The molecule has 0 bridgehead atoms. The third-order valence-corrected chi connectivity index (χ3v) is 4.83. The first-order chi connectivity index (χ1) is 13.6. The van der Waals surface area contributed by atoms with Gasteiger partial charge in [-0.25, -0.2) is 9.97 Å². The zero-order valence-corrected chi connectivity index (χ0v) is 15.8. The van der Waals surface area contributed by atoms with E-state index in [9.17, 15) is 4.79 Å². The van der Waals surface area contributed by atoms with Crippen LogP contribution in [0.1, 0.15) is 29.0 Å². The number of carbonyl (C=O) groups is 1. The maximum atomic E-state index is 12.9. The number of aromatic amines is 1. The maximum absolute atomic E-state index is 12.9. The minimum absolute atomic E-state index is 0.109. The molecule has 6 heteroatoms. The summed E-state index contributed by atoms with van der Waals surface area (Å²) in [5.74, 6) is 0.325. The maximum Gasteiger partial charge on any atom is 0.257 e. The van der Waals surface area contributed by atoms with Gasteiger partial charge in [-0.3, -0.25) is 4.79 Å². The molecule has 6 nitrogen and oxygen atoms in total. The smallest absolute Gasteiger partial charge is 0.257 e. The molecule has 2 aromatic heterocycles. The first-order valence-electron chi connectivity index (χ1n) is 9.11. The van der Waals surface area contributed by atoms with Gasteiger partial charge in [-0.1, -0.05) is 36.4 Å². The fourth-order valence-corrected chi connectivity index (χ4v) is 3.06. The molecular weight excluding hydrogens is 350 g/mol. The van der Waals surface area contributed by atoms with E-state index in [1.165, 1.54) is 0 Å². The van der Waals surface area contributed by atoms with Crippen molar-refractivity contribution in [1.29, 1.82) is 0 Å².